The van der Waals surface area contributed by atoms with Gasteiger partial charge in [0.1, 0.15) is 42.7 Å². The number of unbranched alkanes of at least 4 members (excludes halogenated alkanes) is 11. The van der Waals surface area contributed by atoms with Crippen LogP contribution in [0.25, 0.3) is 0 Å². The van der Waals surface area contributed by atoms with Gasteiger partial charge in [0.05, 0.1) is 38.6 Å². The molecule has 0 spiro atoms. The SMILES string of the molecule is CC(C)CCCCCCCCCCCCCCOC(CO)COCCC(C)CCCC(C)CCCC(C)CCCC(C)C.COC(CO)C(O)C(O)C(O)C(C)C.COC(CO)C(O)C(O)C(O)C(C)C. The summed E-state index contributed by atoms with van der Waals surface area (Å²) < 4.78 is 21.3. The highest BCUT2D eigenvalue weighted by atomic mass is 16.5. The van der Waals surface area contributed by atoms with E-state index in [9.17, 15) is 35.7 Å². The van der Waals surface area contributed by atoms with Gasteiger partial charge in [0.15, 0.2) is 0 Å². The summed E-state index contributed by atoms with van der Waals surface area (Å²) in [7, 11) is 2.64. The summed E-state index contributed by atoms with van der Waals surface area (Å²) in [4.78, 5) is 0. The van der Waals surface area contributed by atoms with Gasteiger partial charge in [-0.25, -0.2) is 0 Å². The van der Waals surface area contributed by atoms with E-state index in [0.29, 0.717) is 12.5 Å². The van der Waals surface area contributed by atoms with Gasteiger partial charge in [-0.1, -0.05) is 211 Å². The molecular formula is C58H122O13. The van der Waals surface area contributed by atoms with E-state index in [2.05, 4.69) is 48.5 Å². The lowest BCUT2D eigenvalue weighted by Gasteiger charge is -2.29. The summed E-state index contributed by atoms with van der Waals surface area (Å²) in [6, 6.07) is 0. The molecule has 0 amide bonds. The monoisotopic (exact) mass is 1030 g/mol. The molecule has 0 rings (SSSR count). The number of rotatable bonds is 46. The van der Waals surface area contributed by atoms with Crippen LogP contribution in [0.3, 0.4) is 0 Å². The Morgan fingerprint density at radius 3 is 0.972 bits per heavy atom. The molecule has 432 valence electrons. The highest BCUT2D eigenvalue weighted by molar-refractivity contribution is 4.83. The van der Waals surface area contributed by atoms with Gasteiger partial charge < -0.3 is 64.9 Å². The minimum atomic E-state index is -1.31. The van der Waals surface area contributed by atoms with Crippen LogP contribution in [0.4, 0.5) is 0 Å². The smallest absolute Gasteiger partial charge is 0.111 e. The van der Waals surface area contributed by atoms with E-state index in [1.165, 1.54) is 149 Å². The Morgan fingerprint density at radius 1 is 0.324 bits per heavy atom. The highest BCUT2D eigenvalue weighted by Gasteiger charge is 2.33. The number of aliphatic hydroxyl groups is 9. The maximum absolute atomic E-state index is 9.67. The van der Waals surface area contributed by atoms with Crippen molar-refractivity contribution < 1.29 is 64.9 Å². The average Bonchev–Trinajstić information content (AvgIpc) is 3.33. The number of aliphatic hydroxyl groups excluding tert-OH is 9. The lowest BCUT2D eigenvalue weighted by molar-refractivity contribution is -0.133. The standard InChI is InChI=1S/C40H82O3.2C9H20O5/c1-35(2)23-18-16-14-12-10-8-9-11-13-15-17-19-31-43-40(33-41)34-42-32-30-39(7)29-22-28-38(6)27-21-26-37(5)25-20-24-36(3)4;2*1-5(2)7(11)9(13)8(12)6(4-10)14-3/h35-41H,8-34H2,1-7H3;2*5-13H,4H2,1-3H3. The fourth-order valence-corrected chi connectivity index (χ4v) is 8.54. The third-order valence-electron chi connectivity index (χ3n) is 14.1. The Bertz CT molecular complexity index is 1010. The zero-order chi connectivity index (χ0) is 54.6. The first-order chi connectivity index (χ1) is 33.6. The Hall–Kier alpha value is -0.520. The normalized spacial score (nSPS) is 17.2. The van der Waals surface area contributed by atoms with Gasteiger partial charge in [-0.3, -0.25) is 0 Å². The molecule has 0 fully saturated rings. The van der Waals surface area contributed by atoms with Gasteiger partial charge in [-0.2, -0.15) is 0 Å². The predicted molar refractivity (Wildman–Crippen MR) is 292 cm³/mol. The maximum atomic E-state index is 9.67. The zero-order valence-electron chi connectivity index (χ0n) is 48.4. The third kappa shape index (κ3) is 44.3. The van der Waals surface area contributed by atoms with Gasteiger partial charge in [0.2, 0.25) is 0 Å². The molecule has 0 heterocycles. The quantitative estimate of drug-likeness (QED) is 0.0260. The van der Waals surface area contributed by atoms with E-state index in [4.69, 9.17) is 29.2 Å². The van der Waals surface area contributed by atoms with Gasteiger partial charge in [0.25, 0.3) is 0 Å². The average molecular weight is 1030 g/mol. The minimum Gasteiger partial charge on any atom is -0.394 e. The summed E-state index contributed by atoms with van der Waals surface area (Å²) in [5, 5.41) is 84.2. The lowest BCUT2D eigenvalue weighted by Crippen LogP contribution is -2.48. The molecule has 0 aromatic heterocycles. The van der Waals surface area contributed by atoms with E-state index in [1.807, 2.05) is 0 Å². The van der Waals surface area contributed by atoms with Crippen molar-refractivity contribution in [2.45, 2.75) is 279 Å². The Balaban J connectivity index is -0.00000133. The van der Waals surface area contributed by atoms with Crippen LogP contribution in [0, 0.1) is 41.4 Å². The fraction of sp³-hybridized carbons (Fsp3) is 1.00. The highest BCUT2D eigenvalue weighted by Crippen LogP contribution is 2.23. The summed E-state index contributed by atoms with van der Waals surface area (Å²) in [5.74, 6) is 3.85. The summed E-state index contributed by atoms with van der Waals surface area (Å²) in [6.07, 6.45) is 22.1. The fourth-order valence-electron chi connectivity index (χ4n) is 8.54. The first-order valence-electron chi connectivity index (χ1n) is 28.8. The van der Waals surface area contributed by atoms with Crippen molar-refractivity contribution >= 4 is 0 Å². The Morgan fingerprint density at radius 2 is 0.648 bits per heavy atom. The van der Waals surface area contributed by atoms with Gasteiger partial charge >= 0.3 is 0 Å². The van der Waals surface area contributed by atoms with Crippen molar-refractivity contribution in [3.05, 3.63) is 0 Å². The summed E-state index contributed by atoms with van der Waals surface area (Å²) in [5.41, 5.74) is 0. The van der Waals surface area contributed by atoms with Gasteiger partial charge in [-0.05, 0) is 54.3 Å². The van der Waals surface area contributed by atoms with Gasteiger partial charge in [-0.15, -0.1) is 0 Å². The van der Waals surface area contributed by atoms with E-state index in [0.717, 1.165) is 49.7 Å². The molecule has 0 aliphatic carbocycles. The van der Waals surface area contributed by atoms with E-state index < -0.39 is 62.0 Å². The Labute approximate surface area is 437 Å². The molecule has 0 saturated carbocycles. The molecule has 13 nitrogen and oxygen atoms in total. The largest absolute Gasteiger partial charge is 0.394 e. The second-order valence-corrected chi connectivity index (χ2v) is 22.8. The van der Waals surface area contributed by atoms with Crippen molar-refractivity contribution in [1.29, 1.82) is 0 Å². The number of hydrogen-bond acceptors (Lipinski definition) is 13. The van der Waals surface area contributed by atoms with Crippen molar-refractivity contribution in [3.63, 3.8) is 0 Å². The molecular weight excluding hydrogens is 905 g/mol. The summed E-state index contributed by atoms with van der Waals surface area (Å²) in [6.45, 7) is 24.8. The van der Waals surface area contributed by atoms with E-state index >= 15 is 0 Å². The molecule has 12 atom stereocenters. The van der Waals surface area contributed by atoms with Crippen LogP contribution < -0.4 is 0 Å². The number of methoxy groups -OCH3 is 2. The minimum absolute atomic E-state index is 0.0574. The molecule has 0 aliphatic heterocycles. The van der Waals surface area contributed by atoms with Crippen LogP contribution in [0.15, 0.2) is 0 Å². The molecule has 0 aromatic carbocycles. The predicted octanol–water partition coefficient (Wildman–Crippen LogP) is 10.0. The van der Waals surface area contributed by atoms with Crippen LogP contribution in [-0.2, 0) is 18.9 Å². The molecule has 0 bridgehead atoms. The molecule has 12 unspecified atom stereocenters. The topological polar surface area (TPSA) is 219 Å². The van der Waals surface area contributed by atoms with E-state index in [1.54, 1.807) is 27.7 Å². The third-order valence-corrected chi connectivity index (χ3v) is 14.1. The second-order valence-electron chi connectivity index (χ2n) is 22.8. The summed E-state index contributed by atoms with van der Waals surface area (Å²) >= 11 is 0. The molecule has 0 saturated heterocycles. The van der Waals surface area contributed by atoms with Crippen LogP contribution in [0.5, 0.6) is 0 Å². The van der Waals surface area contributed by atoms with Crippen molar-refractivity contribution in [2.24, 2.45) is 41.4 Å². The van der Waals surface area contributed by atoms with Crippen molar-refractivity contribution in [1.82, 2.24) is 0 Å². The molecule has 0 aliphatic rings. The Kier molecular flexibility index (Phi) is 52.9. The van der Waals surface area contributed by atoms with Crippen LogP contribution in [0.2, 0.25) is 0 Å². The first-order valence-corrected chi connectivity index (χ1v) is 28.8. The molecule has 13 heteroatoms. The van der Waals surface area contributed by atoms with Crippen molar-refractivity contribution in [3.8, 4) is 0 Å². The van der Waals surface area contributed by atoms with Crippen LogP contribution in [-0.4, -0.2) is 155 Å². The van der Waals surface area contributed by atoms with E-state index in [-0.39, 0.29) is 24.5 Å². The number of ether oxygens (including phenoxy) is 4. The molecule has 0 aromatic rings. The van der Waals surface area contributed by atoms with Crippen molar-refractivity contribution in [2.75, 3.05) is 53.9 Å². The van der Waals surface area contributed by atoms with Crippen LogP contribution in [0.1, 0.15) is 224 Å². The maximum Gasteiger partial charge on any atom is 0.111 e. The molecule has 9 N–H and O–H groups in total. The molecule has 0 radical (unpaired) electrons. The number of hydrogen-bond donors (Lipinski definition) is 9. The molecule has 71 heavy (non-hydrogen) atoms. The zero-order valence-corrected chi connectivity index (χ0v) is 48.4. The first kappa shape index (κ1) is 74.7. The lowest BCUT2D eigenvalue weighted by atomic mass is 9.91. The second kappa shape index (κ2) is 50.3. The van der Waals surface area contributed by atoms with Crippen LogP contribution >= 0.6 is 0 Å². The van der Waals surface area contributed by atoms with Gasteiger partial charge in [0, 0.05) is 27.4 Å².